The lowest BCUT2D eigenvalue weighted by atomic mass is 10.0. The van der Waals surface area contributed by atoms with Gasteiger partial charge in [0.25, 0.3) is 0 Å². The first kappa shape index (κ1) is 23.2. The van der Waals surface area contributed by atoms with E-state index in [0.717, 1.165) is 4.73 Å². The van der Waals surface area contributed by atoms with E-state index < -0.39 is 17.9 Å². The van der Waals surface area contributed by atoms with Crippen LogP contribution in [-0.2, 0) is 12.6 Å². The molecule has 0 aliphatic carbocycles. The number of benzene rings is 1. The fourth-order valence-corrected chi connectivity index (χ4v) is 3.14. The number of hydrogen-bond acceptors (Lipinski definition) is 5. The van der Waals surface area contributed by atoms with E-state index in [1.54, 1.807) is 19.2 Å². The largest absolute Gasteiger partial charge is 0.493 e. The van der Waals surface area contributed by atoms with E-state index in [0.29, 0.717) is 37.1 Å². The molecule has 0 aliphatic heterocycles. The second kappa shape index (κ2) is 9.75. The van der Waals surface area contributed by atoms with Crippen LogP contribution in [0.25, 0.3) is 11.0 Å². The Morgan fingerprint density at radius 1 is 1.31 bits per heavy atom. The number of rotatable bonds is 7. The van der Waals surface area contributed by atoms with Gasteiger partial charge in [-0.25, -0.2) is 4.79 Å². The lowest BCUT2D eigenvalue weighted by molar-refractivity contribution is -0.141. The van der Waals surface area contributed by atoms with Gasteiger partial charge in [-0.1, -0.05) is 24.6 Å². The molecule has 0 saturated heterocycles. The van der Waals surface area contributed by atoms with Crippen molar-refractivity contribution in [1.29, 1.82) is 0 Å². The summed E-state index contributed by atoms with van der Waals surface area (Å²) in [5, 5.41) is 12.7. The van der Waals surface area contributed by atoms with Crippen LogP contribution in [0.2, 0.25) is 0 Å². The van der Waals surface area contributed by atoms with Gasteiger partial charge < -0.3 is 19.4 Å². The minimum Gasteiger partial charge on any atom is -0.493 e. The number of hydrogen-bond donors (Lipinski definition) is 1. The molecule has 3 rings (SSSR count). The molecular formula is C21H23F3N4O4. The molecule has 0 aliphatic rings. The molecule has 3 aromatic rings. The van der Waals surface area contributed by atoms with E-state index in [-0.39, 0.29) is 23.1 Å². The Labute approximate surface area is 181 Å². The molecule has 0 saturated carbocycles. The van der Waals surface area contributed by atoms with Crippen LogP contribution in [-0.4, -0.2) is 46.2 Å². The zero-order valence-corrected chi connectivity index (χ0v) is 17.6. The smallest absolute Gasteiger partial charge is 0.437 e. The molecule has 0 fully saturated rings. The van der Waals surface area contributed by atoms with Crippen molar-refractivity contribution in [3.8, 4) is 5.75 Å². The molecule has 0 unspecified atom stereocenters. The average Bonchev–Trinajstić information content (AvgIpc) is 3.19. The summed E-state index contributed by atoms with van der Waals surface area (Å²) in [5.41, 5.74) is -0.349. The van der Waals surface area contributed by atoms with Crippen LogP contribution >= 0.6 is 0 Å². The number of halogens is 3. The van der Waals surface area contributed by atoms with E-state index in [9.17, 15) is 23.2 Å². The predicted molar refractivity (Wildman–Crippen MR) is 108 cm³/mol. The Balaban J connectivity index is 1.65. The van der Waals surface area contributed by atoms with Crippen molar-refractivity contribution < 1.29 is 32.4 Å². The quantitative estimate of drug-likeness (QED) is 0.427. The zero-order chi connectivity index (χ0) is 23.3. The van der Waals surface area contributed by atoms with Gasteiger partial charge in [0, 0.05) is 25.4 Å². The fraction of sp³-hybridized carbons (Fsp3) is 0.381. The fourth-order valence-electron chi connectivity index (χ4n) is 3.14. The maximum atomic E-state index is 13.1. The highest BCUT2D eigenvalue weighted by Gasteiger charge is 2.37. The monoisotopic (exact) mass is 452 g/mol. The van der Waals surface area contributed by atoms with Crippen molar-refractivity contribution in [2.45, 2.75) is 32.4 Å². The maximum Gasteiger partial charge on any atom is 0.437 e. The van der Waals surface area contributed by atoms with Crippen LogP contribution in [0.4, 0.5) is 18.0 Å². The van der Waals surface area contributed by atoms with Crippen molar-refractivity contribution in [2.75, 3.05) is 20.2 Å². The van der Waals surface area contributed by atoms with Gasteiger partial charge in [-0.15, -0.1) is 0 Å². The van der Waals surface area contributed by atoms with Gasteiger partial charge in [0.2, 0.25) is 0 Å². The lowest BCUT2D eigenvalue weighted by Crippen LogP contribution is -2.29. The summed E-state index contributed by atoms with van der Waals surface area (Å²) in [6.45, 7) is 2.45. The number of urea groups is 1. The molecule has 172 valence electrons. The van der Waals surface area contributed by atoms with E-state index >= 15 is 0 Å². The normalized spacial score (nSPS) is 12.3. The number of alkyl halides is 3. The topological polar surface area (TPSA) is 93.1 Å². The highest BCUT2D eigenvalue weighted by Crippen LogP contribution is 2.38. The van der Waals surface area contributed by atoms with Crippen molar-refractivity contribution in [2.24, 2.45) is 4.99 Å². The molecule has 11 heteroatoms. The van der Waals surface area contributed by atoms with E-state index in [2.05, 4.69) is 10.1 Å². The molecule has 2 heterocycles. The Hall–Kier alpha value is -3.50. The molecule has 2 aromatic heterocycles. The van der Waals surface area contributed by atoms with E-state index in [4.69, 9.17) is 9.26 Å². The number of fused-ring (bicyclic) bond motifs is 1. The summed E-state index contributed by atoms with van der Waals surface area (Å²) < 4.78 is 50.9. The molecular weight excluding hydrogens is 429 g/mol. The number of aromatic nitrogens is 2. The van der Waals surface area contributed by atoms with Crippen molar-refractivity contribution in [3.05, 3.63) is 53.3 Å². The van der Waals surface area contributed by atoms with Gasteiger partial charge in [0.1, 0.15) is 5.75 Å². The summed E-state index contributed by atoms with van der Waals surface area (Å²) in [5.74, 6) is 0.425. The number of carbonyl (C=O) groups is 1. The molecule has 0 atom stereocenters. The third-order valence-corrected chi connectivity index (χ3v) is 4.72. The van der Waals surface area contributed by atoms with Gasteiger partial charge in [-0.3, -0.25) is 0 Å². The Kier molecular flexibility index (Phi) is 7.06. The second-order valence-electron chi connectivity index (χ2n) is 7.12. The summed E-state index contributed by atoms with van der Waals surface area (Å²) in [6.07, 6.45) is -1.64. The minimum absolute atomic E-state index is 0.0722. The van der Waals surface area contributed by atoms with Gasteiger partial charge in [0.05, 0.1) is 12.0 Å². The van der Waals surface area contributed by atoms with Crippen molar-refractivity contribution >= 4 is 17.0 Å². The molecule has 2 amide bonds. The molecule has 1 N–H and O–H groups in total. The third kappa shape index (κ3) is 5.21. The van der Waals surface area contributed by atoms with Gasteiger partial charge in [-0.2, -0.15) is 22.9 Å². The highest BCUT2D eigenvalue weighted by atomic mass is 19.4. The number of aryl methyl sites for hydroxylation is 1. The standard InChI is InChI=1S/C21H23F3N4O4/c1-3-7-14-16(10-9-15-18(14)32-26-19(15)21(22,23)24)31-13-6-11-27(2)20(29)25-17-8-4-5-12-28(17)30/h4-5,8-10,12,30H,3,6-7,11,13H2,1-2H3/b25-17-. The highest BCUT2D eigenvalue weighted by molar-refractivity contribution is 5.85. The Bertz CT molecular complexity index is 1150. The molecule has 32 heavy (non-hydrogen) atoms. The SMILES string of the molecule is CCCc1c(OCCCN(C)C(=O)/N=c2/ccccn2O)ccc2c(C(F)(F)F)noc12. The number of carbonyl (C=O) groups excluding carboxylic acids is 1. The first-order valence-corrected chi connectivity index (χ1v) is 10.0. The summed E-state index contributed by atoms with van der Waals surface area (Å²) in [4.78, 5) is 17.4. The van der Waals surface area contributed by atoms with Crippen LogP contribution in [0.5, 0.6) is 5.75 Å². The Morgan fingerprint density at radius 3 is 2.78 bits per heavy atom. The maximum absolute atomic E-state index is 13.1. The van der Waals surface area contributed by atoms with Gasteiger partial charge >= 0.3 is 12.2 Å². The molecule has 8 nitrogen and oxygen atoms in total. The number of amides is 2. The number of ether oxygens (including phenoxy) is 1. The van der Waals surface area contributed by atoms with Gasteiger partial charge in [0.15, 0.2) is 16.8 Å². The van der Waals surface area contributed by atoms with Crippen LogP contribution < -0.4 is 10.2 Å². The molecule has 0 bridgehead atoms. The average molecular weight is 452 g/mol. The van der Waals surface area contributed by atoms with Crippen LogP contribution in [0.1, 0.15) is 31.0 Å². The summed E-state index contributed by atoms with van der Waals surface area (Å²) >= 11 is 0. The lowest BCUT2D eigenvalue weighted by Gasteiger charge is -2.15. The van der Waals surface area contributed by atoms with Crippen LogP contribution in [0.3, 0.4) is 0 Å². The summed E-state index contributed by atoms with van der Waals surface area (Å²) in [6, 6.07) is 6.98. The molecule has 0 radical (unpaired) electrons. The van der Waals surface area contributed by atoms with Crippen molar-refractivity contribution in [1.82, 2.24) is 14.8 Å². The number of pyridine rings is 1. The van der Waals surface area contributed by atoms with Crippen LogP contribution in [0.15, 0.2) is 46.0 Å². The van der Waals surface area contributed by atoms with Gasteiger partial charge in [-0.05, 0) is 37.1 Å². The number of nitrogens with zero attached hydrogens (tertiary/aromatic N) is 4. The second-order valence-corrected chi connectivity index (χ2v) is 7.12. The molecule has 1 aromatic carbocycles. The first-order chi connectivity index (χ1) is 15.2. The van der Waals surface area contributed by atoms with E-state index in [1.165, 1.54) is 29.3 Å². The minimum atomic E-state index is -4.60. The molecule has 0 spiro atoms. The Morgan fingerprint density at radius 2 is 2.09 bits per heavy atom. The third-order valence-electron chi connectivity index (χ3n) is 4.72. The zero-order valence-electron chi connectivity index (χ0n) is 17.6. The van der Waals surface area contributed by atoms with Crippen LogP contribution in [0, 0.1) is 0 Å². The summed E-state index contributed by atoms with van der Waals surface area (Å²) in [7, 11) is 1.57. The van der Waals surface area contributed by atoms with E-state index in [1.807, 2.05) is 6.92 Å². The van der Waals surface area contributed by atoms with Crippen molar-refractivity contribution in [3.63, 3.8) is 0 Å². The predicted octanol–water partition coefficient (Wildman–Crippen LogP) is 4.26. The first-order valence-electron chi connectivity index (χ1n) is 10.0.